The molecular weight excluding hydrogens is 713 g/mol. The Balaban J connectivity index is 1.34. The summed E-state index contributed by atoms with van der Waals surface area (Å²) in [4.78, 5) is 24.3. The van der Waals surface area contributed by atoms with Gasteiger partial charge in [0.15, 0.2) is 0 Å². The van der Waals surface area contributed by atoms with Crippen molar-refractivity contribution in [2.45, 2.75) is 76.8 Å². The van der Waals surface area contributed by atoms with Gasteiger partial charge in [0.2, 0.25) is 13.6 Å². The average Bonchev–Trinajstić information content (AvgIpc) is 3.18. The zero-order valence-electron chi connectivity index (χ0n) is 31.2. The Hall–Kier alpha value is -4.87. The predicted molar refractivity (Wildman–Crippen MR) is 205 cm³/mol. The molecule has 0 atom stereocenters. The van der Waals surface area contributed by atoms with Gasteiger partial charge in [0, 0.05) is 31.1 Å². The number of aliphatic hydroxyl groups excluding tert-OH is 2. The van der Waals surface area contributed by atoms with Crippen LogP contribution in [0.3, 0.4) is 0 Å². The summed E-state index contributed by atoms with van der Waals surface area (Å²) in [6.45, 7) is 9.18. The summed E-state index contributed by atoms with van der Waals surface area (Å²) >= 11 is 0. The van der Waals surface area contributed by atoms with Crippen LogP contribution in [0.1, 0.15) is 69.8 Å². The Bertz CT molecular complexity index is 1740. The molecule has 296 valence electrons. The van der Waals surface area contributed by atoms with Crippen LogP contribution in [-0.2, 0) is 25.5 Å². The zero-order valence-corrected chi connectivity index (χ0v) is 31.2. The van der Waals surface area contributed by atoms with Gasteiger partial charge in [0.1, 0.15) is 11.5 Å². The molecule has 0 bridgehead atoms. The van der Waals surface area contributed by atoms with Crippen molar-refractivity contribution in [3.8, 4) is 33.8 Å². The Morgan fingerprint density at radius 1 is 0.673 bits per heavy atom. The lowest BCUT2D eigenvalue weighted by molar-refractivity contribution is -0.146. The molecule has 0 amide bonds. The molecule has 0 heterocycles. The van der Waals surface area contributed by atoms with E-state index < -0.39 is 44.7 Å². The number of aliphatic hydroxyl groups is 2. The predicted octanol–water partition coefficient (Wildman–Crippen LogP) is 9.68. The first kappa shape index (κ1) is 42.9. The molecule has 1 aliphatic rings. The molecule has 8 nitrogen and oxygen atoms in total. The molecule has 11 heteroatoms. The molecule has 0 spiro atoms. The van der Waals surface area contributed by atoms with Crippen LogP contribution in [0.15, 0.2) is 103 Å². The van der Waals surface area contributed by atoms with Crippen molar-refractivity contribution in [1.29, 1.82) is 0 Å². The van der Waals surface area contributed by atoms with E-state index >= 15 is 0 Å². The Kier molecular flexibility index (Phi) is 16.6. The molecular formula is C44H51F3O8. The fourth-order valence-electron chi connectivity index (χ4n) is 6.53. The van der Waals surface area contributed by atoms with E-state index in [1.807, 2.05) is 24.3 Å². The fourth-order valence-corrected chi connectivity index (χ4v) is 6.53. The van der Waals surface area contributed by atoms with E-state index in [0.29, 0.717) is 35.3 Å². The summed E-state index contributed by atoms with van der Waals surface area (Å²) in [6, 6.07) is 21.5. The van der Waals surface area contributed by atoms with Gasteiger partial charge < -0.3 is 29.2 Å². The number of aryl methyl sites for hydroxylation is 1. The van der Waals surface area contributed by atoms with Crippen molar-refractivity contribution in [2.75, 3.05) is 26.8 Å². The van der Waals surface area contributed by atoms with Crippen LogP contribution in [-0.4, -0.2) is 55.1 Å². The van der Waals surface area contributed by atoms with Crippen LogP contribution in [0.25, 0.3) is 22.3 Å². The molecule has 1 aliphatic carbocycles. The van der Waals surface area contributed by atoms with E-state index in [4.69, 9.17) is 24.1 Å². The summed E-state index contributed by atoms with van der Waals surface area (Å²) in [5, 5.41) is 18.3. The fraction of sp³-hybridized carbons (Fsp3) is 0.409. The smallest absolute Gasteiger partial charge is 0.389 e. The first-order chi connectivity index (χ1) is 26.3. The summed E-state index contributed by atoms with van der Waals surface area (Å²) < 4.78 is 58.9. The van der Waals surface area contributed by atoms with Gasteiger partial charge in [-0.05, 0) is 76.6 Å². The van der Waals surface area contributed by atoms with E-state index in [-0.39, 0.29) is 36.2 Å². The first-order valence-corrected chi connectivity index (χ1v) is 18.6. The minimum absolute atomic E-state index is 0.0707. The third kappa shape index (κ3) is 14.4. The second-order valence-electron chi connectivity index (χ2n) is 14.0. The monoisotopic (exact) mass is 764 g/mol. The average molecular weight is 765 g/mol. The number of unbranched alkanes of at least 4 members (excludes halogenated alkanes) is 1. The molecule has 0 saturated heterocycles. The lowest BCUT2D eigenvalue weighted by Crippen LogP contribution is -2.15. The van der Waals surface area contributed by atoms with Gasteiger partial charge in [-0.2, -0.15) is 13.2 Å². The third-order valence-electron chi connectivity index (χ3n) is 9.91. The maximum atomic E-state index is 12.4. The second kappa shape index (κ2) is 21.3. The minimum atomic E-state index is -4.05. The van der Waals surface area contributed by atoms with Crippen LogP contribution < -0.4 is 9.47 Å². The summed E-state index contributed by atoms with van der Waals surface area (Å²) in [6.07, 6.45) is 3.80. The molecule has 4 rings (SSSR count). The summed E-state index contributed by atoms with van der Waals surface area (Å²) in [5.41, 5.74) is 5.09. The van der Waals surface area contributed by atoms with Crippen molar-refractivity contribution < 1.29 is 51.9 Å². The van der Waals surface area contributed by atoms with E-state index in [1.54, 1.807) is 18.2 Å². The van der Waals surface area contributed by atoms with Gasteiger partial charge >= 0.3 is 18.1 Å². The standard InChI is InChI=1S/C44H51F3O8/c1-30(21-23-48)42(50)54-28-52-40-24-39(25-41(26-40)53-29-55-43(51)32(3)31(2)27-49)38-19-17-37(18-20-38)36-15-13-35(14-16-36)12-11-34-9-7-33(8-10-34)6-4-5-22-44(45,46)47/h13-20,24-26,33-34,48-49H,1-12,21-23,27-29H2. The van der Waals surface area contributed by atoms with Gasteiger partial charge in [0.05, 0.1) is 12.2 Å². The van der Waals surface area contributed by atoms with Gasteiger partial charge in [-0.15, -0.1) is 0 Å². The normalized spacial score (nSPS) is 15.5. The van der Waals surface area contributed by atoms with Crippen LogP contribution in [0.5, 0.6) is 11.5 Å². The van der Waals surface area contributed by atoms with E-state index in [1.165, 1.54) is 5.56 Å². The Labute approximate surface area is 321 Å². The van der Waals surface area contributed by atoms with Gasteiger partial charge in [-0.25, -0.2) is 9.59 Å². The number of benzene rings is 3. The third-order valence-corrected chi connectivity index (χ3v) is 9.91. The van der Waals surface area contributed by atoms with Crippen molar-refractivity contribution in [2.24, 2.45) is 11.8 Å². The number of esters is 2. The maximum absolute atomic E-state index is 12.4. The highest BCUT2D eigenvalue weighted by molar-refractivity contribution is 5.92. The molecule has 0 aromatic heterocycles. The number of carbonyl (C=O) groups excluding carboxylic acids is 2. The lowest BCUT2D eigenvalue weighted by Gasteiger charge is -2.28. The van der Waals surface area contributed by atoms with Crippen LogP contribution >= 0.6 is 0 Å². The molecule has 0 unspecified atom stereocenters. The van der Waals surface area contributed by atoms with Gasteiger partial charge in [-0.3, -0.25) is 0 Å². The molecule has 55 heavy (non-hydrogen) atoms. The summed E-state index contributed by atoms with van der Waals surface area (Å²) in [5.74, 6) is 0.351. The SMILES string of the molecule is C=C(CO)C(=C)C(=O)OCOc1cc(OCOC(=O)C(=C)CCO)cc(-c2ccc(-c3ccc(CCC4CCC(CCCCC(F)(F)F)CC4)cc3)cc2)c1. The van der Waals surface area contributed by atoms with E-state index in [9.17, 15) is 27.9 Å². The van der Waals surface area contributed by atoms with Crippen molar-refractivity contribution >= 4 is 11.9 Å². The van der Waals surface area contributed by atoms with Crippen molar-refractivity contribution in [3.63, 3.8) is 0 Å². The highest BCUT2D eigenvalue weighted by atomic mass is 19.4. The molecule has 1 fully saturated rings. The topological polar surface area (TPSA) is 112 Å². The Morgan fingerprint density at radius 2 is 1.18 bits per heavy atom. The number of alkyl halides is 3. The highest BCUT2D eigenvalue weighted by Crippen LogP contribution is 2.36. The van der Waals surface area contributed by atoms with Crippen LogP contribution in [0.2, 0.25) is 0 Å². The largest absolute Gasteiger partial charge is 0.457 e. The number of hydrogen-bond donors (Lipinski definition) is 2. The Morgan fingerprint density at radius 3 is 1.71 bits per heavy atom. The minimum Gasteiger partial charge on any atom is -0.457 e. The summed E-state index contributed by atoms with van der Waals surface area (Å²) in [7, 11) is 0. The number of rotatable bonds is 21. The van der Waals surface area contributed by atoms with Crippen LogP contribution in [0.4, 0.5) is 13.2 Å². The van der Waals surface area contributed by atoms with Crippen molar-refractivity contribution in [3.05, 3.63) is 109 Å². The number of hydrogen-bond acceptors (Lipinski definition) is 8. The van der Waals surface area contributed by atoms with Gasteiger partial charge in [0.25, 0.3) is 0 Å². The maximum Gasteiger partial charge on any atom is 0.389 e. The quantitative estimate of drug-likeness (QED) is 0.0363. The van der Waals surface area contributed by atoms with Crippen LogP contribution in [0, 0.1) is 11.8 Å². The lowest BCUT2D eigenvalue weighted by atomic mass is 9.77. The highest BCUT2D eigenvalue weighted by Gasteiger charge is 2.27. The second-order valence-corrected chi connectivity index (χ2v) is 14.0. The van der Waals surface area contributed by atoms with Gasteiger partial charge in [-0.1, -0.05) is 107 Å². The number of carbonyl (C=O) groups is 2. The molecule has 3 aromatic rings. The van der Waals surface area contributed by atoms with Crippen molar-refractivity contribution in [1.82, 2.24) is 0 Å². The molecule has 2 N–H and O–H groups in total. The molecule has 3 aromatic carbocycles. The number of halogens is 3. The number of ether oxygens (including phenoxy) is 4. The zero-order chi connectivity index (χ0) is 39.8. The molecule has 0 radical (unpaired) electrons. The first-order valence-electron chi connectivity index (χ1n) is 18.6. The molecule has 1 saturated carbocycles. The van der Waals surface area contributed by atoms with E-state index in [2.05, 4.69) is 44.0 Å². The van der Waals surface area contributed by atoms with E-state index in [0.717, 1.165) is 61.6 Å². The molecule has 0 aliphatic heterocycles.